The van der Waals surface area contributed by atoms with Crippen molar-refractivity contribution in [2.24, 2.45) is 4.99 Å². The molecular formula is C9H13NO. The van der Waals surface area contributed by atoms with Crippen LogP contribution in [0, 0.1) is 0 Å². The Morgan fingerprint density at radius 3 is 2.27 bits per heavy atom. The van der Waals surface area contributed by atoms with Crippen molar-refractivity contribution in [2.75, 3.05) is 7.11 Å². The molecule has 0 saturated carbocycles. The van der Waals surface area contributed by atoms with E-state index in [1.807, 2.05) is 6.92 Å². The molecule has 0 N–H and O–H groups in total. The lowest BCUT2D eigenvalue weighted by Crippen LogP contribution is -1.86. The van der Waals surface area contributed by atoms with Gasteiger partial charge in [-0.3, -0.25) is 4.99 Å². The van der Waals surface area contributed by atoms with Gasteiger partial charge in [-0.2, -0.15) is 0 Å². The first kappa shape index (κ1) is 9.69. The third kappa shape index (κ3) is 2.85. The van der Waals surface area contributed by atoms with E-state index >= 15 is 0 Å². The lowest BCUT2D eigenvalue weighted by molar-refractivity contribution is 0.303. The Morgan fingerprint density at radius 1 is 1.36 bits per heavy atom. The van der Waals surface area contributed by atoms with Crippen LogP contribution < -0.4 is 0 Å². The van der Waals surface area contributed by atoms with Crippen LogP contribution in [0.4, 0.5) is 0 Å². The fourth-order valence-electron chi connectivity index (χ4n) is 0.648. The molecule has 0 heterocycles. The van der Waals surface area contributed by atoms with Gasteiger partial charge in [-0.15, -0.1) is 0 Å². The number of aliphatic imine (C=N–C) groups is 1. The van der Waals surface area contributed by atoms with Gasteiger partial charge in [-0.05, 0) is 19.1 Å². The third-order valence-corrected chi connectivity index (χ3v) is 1.12. The van der Waals surface area contributed by atoms with E-state index in [9.17, 15) is 0 Å². The predicted octanol–water partition coefficient (Wildman–Crippen LogP) is 2.31. The lowest BCUT2D eigenvalue weighted by atomic mass is 10.3. The van der Waals surface area contributed by atoms with Crippen molar-refractivity contribution >= 4 is 6.21 Å². The second-order valence-electron chi connectivity index (χ2n) is 1.75. The highest BCUT2D eigenvalue weighted by Gasteiger charge is 1.95. The van der Waals surface area contributed by atoms with Gasteiger partial charge >= 0.3 is 0 Å². The maximum absolute atomic E-state index is 4.98. The average molecular weight is 151 g/mol. The van der Waals surface area contributed by atoms with Crippen LogP contribution in [-0.2, 0) is 4.74 Å². The Bertz CT molecular complexity index is 202. The van der Waals surface area contributed by atoms with Gasteiger partial charge in [-0.25, -0.2) is 0 Å². The number of rotatable bonds is 4. The first-order valence-corrected chi connectivity index (χ1v) is 3.32. The number of allylic oxidation sites excluding steroid dienone is 2. The number of ether oxygens (including phenoxy) is 1. The maximum Gasteiger partial charge on any atom is 0.143 e. The minimum absolute atomic E-state index is 0.637. The second-order valence-corrected chi connectivity index (χ2v) is 1.75. The zero-order valence-corrected chi connectivity index (χ0v) is 7.00. The second kappa shape index (κ2) is 5.47. The van der Waals surface area contributed by atoms with Crippen LogP contribution in [0.15, 0.2) is 41.8 Å². The van der Waals surface area contributed by atoms with Crippen molar-refractivity contribution in [2.45, 2.75) is 6.92 Å². The van der Waals surface area contributed by atoms with Crippen LogP contribution in [0.1, 0.15) is 6.92 Å². The fourth-order valence-corrected chi connectivity index (χ4v) is 0.648. The van der Waals surface area contributed by atoms with E-state index in [2.05, 4.69) is 18.2 Å². The van der Waals surface area contributed by atoms with Crippen LogP contribution in [0.3, 0.4) is 0 Å². The van der Waals surface area contributed by atoms with E-state index < -0.39 is 0 Å². The molecule has 2 heteroatoms. The predicted molar refractivity (Wildman–Crippen MR) is 48.6 cm³/mol. The van der Waals surface area contributed by atoms with E-state index in [0.29, 0.717) is 11.5 Å². The van der Waals surface area contributed by atoms with Gasteiger partial charge in [0, 0.05) is 6.21 Å². The van der Waals surface area contributed by atoms with E-state index in [0.717, 1.165) is 0 Å². The molecule has 0 unspecified atom stereocenters. The van der Waals surface area contributed by atoms with Gasteiger partial charge < -0.3 is 4.74 Å². The standard InChI is InChI=1S/C9H13NO/c1-5-8(10-7-3)9(6-2)11-4/h5-7H,1-2H2,3-4H3/b9-8-,10-7?. The van der Waals surface area contributed by atoms with Gasteiger partial charge in [0.1, 0.15) is 11.5 Å². The van der Waals surface area contributed by atoms with E-state index in [1.165, 1.54) is 0 Å². The van der Waals surface area contributed by atoms with Crippen molar-refractivity contribution in [1.82, 2.24) is 0 Å². The van der Waals surface area contributed by atoms with Crippen molar-refractivity contribution in [3.05, 3.63) is 36.8 Å². The summed E-state index contributed by atoms with van der Waals surface area (Å²) in [5.74, 6) is 0.637. The van der Waals surface area contributed by atoms with Crippen molar-refractivity contribution in [3.63, 3.8) is 0 Å². The van der Waals surface area contributed by atoms with E-state index in [-0.39, 0.29) is 0 Å². The highest BCUT2D eigenvalue weighted by Crippen LogP contribution is 2.08. The monoisotopic (exact) mass is 151 g/mol. The molecule has 11 heavy (non-hydrogen) atoms. The summed E-state index contributed by atoms with van der Waals surface area (Å²) < 4.78 is 4.98. The summed E-state index contributed by atoms with van der Waals surface area (Å²) in [6, 6.07) is 0. The van der Waals surface area contributed by atoms with Crippen molar-refractivity contribution in [3.8, 4) is 0 Å². The number of hydrogen-bond donors (Lipinski definition) is 0. The molecule has 0 amide bonds. The molecule has 0 aliphatic rings. The Labute approximate surface area is 67.6 Å². The summed E-state index contributed by atoms with van der Waals surface area (Å²) >= 11 is 0. The molecule has 0 fully saturated rings. The molecule has 0 rings (SSSR count). The molecule has 60 valence electrons. The lowest BCUT2D eigenvalue weighted by Gasteiger charge is -2.01. The number of nitrogens with zero attached hydrogens (tertiary/aromatic N) is 1. The van der Waals surface area contributed by atoms with Gasteiger partial charge in [0.25, 0.3) is 0 Å². The van der Waals surface area contributed by atoms with Crippen molar-refractivity contribution in [1.29, 1.82) is 0 Å². The molecule has 0 spiro atoms. The summed E-state index contributed by atoms with van der Waals surface area (Å²) in [7, 11) is 1.58. The SMILES string of the molecule is C=C/C(N=CC)=C(\C=C)OC. The molecule has 0 atom stereocenters. The van der Waals surface area contributed by atoms with Crippen molar-refractivity contribution < 1.29 is 4.74 Å². The van der Waals surface area contributed by atoms with E-state index in [1.54, 1.807) is 25.5 Å². The van der Waals surface area contributed by atoms with Gasteiger partial charge in [0.05, 0.1) is 7.11 Å². The largest absolute Gasteiger partial charge is 0.495 e. The number of methoxy groups -OCH3 is 1. The minimum Gasteiger partial charge on any atom is -0.495 e. The van der Waals surface area contributed by atoms with E-state index in [4.69, 9.17) is 4.74 Å². The summed E-state index contributed by atoms with van der Waals surface area (Å²) in [5.41, 5.74) is 0.699. The van der Waals surface area contributed by atoms with Crippen LogP contribution in [0.2, 0.25) is 0 Å². The normalized spacial score (nSPS) is 12.5. The Balaban J connectivity index is 4.75. The summed E-state index contributed by atoms with van der Waals surface area (Å²) in [6.07, 6.45) is 4.91. The molecule has 0 radical (unpaired) electrons. The molecular weight excluding hydrogens is 138 g/mol. The number of hydrogen-bond acceptors (Lipinski definition) is 2. The molecule has 0 aliphatic carbocycles. The highest BCUT2D eigenvalue weighted by molar-refractivity contribution is 5.56. The fraction of sp³-hybridized carbons (Fsp3) is 0.222. The summed E-state index contributed by atoms with van der Waals surface area (Å²) in [6.45, 7) is 9.01. The molecule has 0 aromatic carbocycles. The zero-order chi connectivity index (χ0) is 8.69. The highest BCUT2D eigenvalue weighted by atomic mass is 16.5. The first-order valence-electron chi connectivity index (χ1n) is 3.32. The van der Waals surface area contributed by atoms with Crippen LogP contribution >= 0.6 is 0 Å². The van der Waals surface area contributed by atoms with Gasteiger partial charge in [-0.1, -0.05) is 13.2 Å². The van der Waals surface area contributed by atoms with Gasteiger partial charge in [0.15, 0.2) is 0 Å². The molecule has 2 nitrogen and oxygen atoms in total. The Kier molecular flexibility index (Phi) is 4.82. The Hall–Kier alpha value is -1.31. The molecule has 0 bridgehead atoms. The molecule has 0 aromatic heterocycles. The molecule has 0 aromatic rings. The van der Waals surface area contributed by atoms with Crippen LogP contribution in [0.25, 0.3) is 0 Å². The smallest absolute Gasteiger partial charge is 0.143 e. The summed E-state index contributed by atoms with van der Waals surface area (Å²) in [4.78, 5) is 4.02. The first-order chi connectivity index (χ1) is 5.29. The Morgan fingerprint density at radius 2 is 2.00 bits per heavy atom. The molecule has 0 saturated heterocycles. The average Bonchev–Trinajstić information content (AvgIpc) is 2.05. The van der Waals surface area contributed by atoms with Crippen LogP contribution in [-0.4, -0.2) is 13.3 Å². The zero-order valence-electron chi connectivity index (χ0n) is 7.00. The van der Waals surface area contributed by atoms with Gasteiger partial charge in [0.2, 0.25) is 0 Å². The topological polar surface area (TPSA) is 21.6 Å². The minimum atomic E-state index is 0.637. The van der Waals surface area contributed by atoms with Crippen LogP contribution in [0.5, 0.6) is 0 Å². The quantitative estimate of drug-likeness (QED) is 0.343. The maximum atomic E-state index is 4.98. The third-order valence-electron chi connectivity index (χ3n) is 1.12. The molecule has 0 aliphatic heterocycles. The summed E-state index contributed by atoms with van der Waals surface area (Å²) in [5, 5.41) is 0.